The van der Waals surface area contributed by atoms with E-state index in [2.05, 4.69) is 16.5 Å². The van der Waals surface area contributed by atoms with Crippen LogP contribution >= 0.6 is 0 Å². The molecule has 1 aliphatic rings. The van der Waals surface area contributed by atoms with Gasteiger partial charge in [-0.3, -0.25) is 4.68 Å². The zero-order valence-corrected chi connectivity index (χ0v) is 14.2. The van der Waals surface area contributed by atoms with E-state index in [0.29, 0.717) is 6.54 Å². The van der Waals surface area contributed by atoms with Gasteiger partial charge in [-0.2, -0.15) is 5.10 Å². The molecule has 1 aromatic heterocycles. The van der Waals surface area contributed by atoms with E-state index < -0.39 is 0 Å². The minimum absolute atomic E-state index is 0.00390. The summed E-state index contributed by atoms with van der Waals surface area (Å²) < 4.78 is 7.07. The van der Waals surface area contributed by atoms with E-state index in [1.165, 1.54) is 0 Å². The number of hydrogen-bond donors (Lipinski definition) is 1. The van der Waals surface area contributed by atoms with Gasteiger partial charge in [-0.25, -0.2) is 4.79 Å². The fourth-order valence-corrected chi connectivity index (χ4v) is 3.22. The molecular weight excluding hydrogens is 304 g/mol. The third kappa shape index (κ3) is 3.69. The van der Waals surface area contributed by atoms with E-state index in [4.69, 9.17) is 4.74 Å². The summed E-state index contributed by atoms with van der Waals surface area (Å²) in [5.74, 6) is 0.830. The number of amides is 2. The lowest BCUT2D eigenvalue weighted by Crippen LogP contribution is -2.40. The molecule has 0 bridgehead atoms. The maximum absolute atomic E-state index is 12.5. The van der Waals surface area contributed by atoms with Crippen LogP contribution in [-0.4, -0.2) is 40.9 Å². The van der Waals surface area contributed by atoms with Gasteiger partial charge in [0.2, 0.25) is 0 Å². The summed E-state index contributed by atoms with van der Waals surface area (Å²) in [6, 6.07) is 8.12. The average molecular weight is 328 g/mol. The monoisotopic (exact) mass is 328 g/mol. The topological polar surface area (TPSA) is 59.4 Å². The summed E-state index contributed by atoms with van der Waals surface area (Å²) in [6.07, 6.45) is 6.61. The third-order valence-electron chi connectivity index (χ3n) is 4.44. The molecule has 6 heteroatoms. The first-order valence-electron chi connectivity index (χ1n) is 8.33. The van der Waals surface area contributed by atoms with Crippen LogP contribution in [0.15, 0.2) is 36.7 Å². The zero-order valence-electron chi connectivity index (χ0n) is 14.2. The molecule has 1 N–H and O–H groups in total. The predicted octanol–water partition coefficient (Wildman–Crippen LogP) is 2.52. The Morgan fingerprint density at radius 3 is 3.08 bits per heavy atom. The van der Waals surface area contributed by atoms with Gasteiger partial charge in [0, 0.05) is 26.3 Å². The maximum Gasteiger partial charge on any atom is 0.317 e. The minimum Gasteiger partial charge on any atom is -0.497 e. The summed E-state index contributed by atoms with van der Waals surface area (Å²) in [5, 5.41) is 7.17. The summed E-state index contributed by atoms with van der Waals surface area (Å²) in [6.45, 7) is 1.41. The van der Waals surface area contributed by atoms with Crippen LogP contribution in [0, 0.1) is 0 Å². The number of nitrogens with zero attached hydrogens (tertiary/aromatic N) is 3. The molecule has 0 unspecified atom stereocenters. The summed E-state index contributed by atoms with van der Waals surface area (Å²) >= 11 is 0. The highest BCUT2D eigenvalue weighted by molar-refractivity contribution is 5.75. The Hall–Kier alpha value is -2.50. The third-order valence-corrected chi connectivity index (χ3v) is 4.44. The predicted molar refractivity (Wildman–Crippen MR) is 92.0 cm³/mol. The Bertz CT molecular complexity index is 698. The second kappa shape index (κ2) is 7.38. The number of nitrogens with one attached hydrogen (secondary N) is 1. The molecule has 6 nitrogen and oxygen atoms in total. The van der Waals surface area contributed by atoms with Gasteiger partial charge in [0.25, 0.3) is 0 Å². The van der Waals surface area contributed by atoms with E-state index in [1.807, 2.05) is 42.5 Å². The van der Waals surface area contributed by atoms with Crippen molar-refractivity contribution in [1.29, 1.82) is 0 Å². The van der Waals surface area contributed by atoms with Crippen molar-refractivity contribution in [2.75, 3.05) is 20.2 Å². The van der Waals surface area contributed by atoms with E-state index in [1.54, 1.807) is 11.8 Å². The fraction of sp³-hybridized carbons (Fsp3) is 0.444. The normalized spacial score (nSPS) is 17.1. The lowest BCUT2D eigenvalue weighted by molar-refractivity contribution is 0.193. The van der Waals surface area contributed by atoms with Gasteiger partial charge in [-0.1, -0.05) is 12.1 Å². The molecule has 2 amide bonds. The molecule has 128 valence electrons. The smallest absolute Gasteiger partial charge is 0.317 e. The molecular formula is C18H24N4O2. The molecule has 0 radical (unpaired) electrons. The van der Waals surface area contributed by atoms with Gasteiger partial charge in [0.05, 0.1) is 19.3 Å². The highest BCUT2D eigenvalue weighted by atomic mass is 16.5. The second-order valence-electron chi connectivity index (χ2n) is 6.13. The lowest BCUT2D eigenvalue weighted by atomic mass is 10.0. The first-order valence-corrected chi connectivity index (χ1v) is 8.33. The number of aryl methyl sites for hydroxylation is 1. The van der Waals surface area contributed by atoms with Crippen LogP contribution in [0.3, 0.4) is 0 Å². The van der Waals surface area contributed by atoms with Crippen LogP contribution in [0.2, 0.25) is 0 Å². The highest BCUT2D eigenvalue weighted by Gasteiger charge is 2.29. The average Bonchev–Trinajstić information content (AvgIpc) is 3.24. The van der Waals surface area contributed by atoms with Crippen molar-refractivity contribution in [1.82, 2.24) is 20.0 Å². The van der Waals surface area contributed by atoms with E-state index in [0.717, 1.165) is 42.7 Å². The zero-order chi connectivity index (χ0) is 16.9. The summed E-state index contributed by atoms with van der Waals surface area (Å²) in [5.41, 5.74) is 2.26. The van der Waals surface area contributed by atoms with Gasteiger partial charge in [-0.05, 0) is 42.5 Å². The van der Waals surface area contributed by atoms with Crippen molar-refractivity contribution in [2.24, 2.45) is 7.05 Å². The Labute approximate surface area is 142 Å². The van der Waals surface area contributed by atoms with Crippen LogP contribution in [0.5, 0.6) is 5.75 Å². The quantitative estimate of drug-likeness (QED) is 0.917. The standard InChI is InChI=1S/C18H24N4O2/c1-21-13-14(12-20-21)8-9-19-18(23)22-10-4-7-17(22)15-5-3-6-16(11-15)24-2/h3,5-6,11-13,17H,4,7-10H2,1-2H3,(H,19,23)/t17-/m0/s1. The van der Waals surface area contributed by atoms with Crippen molar-refractivity contribution in [3.8, 4) is 5.75 Å². The first-order chi connectivity index (χ1) is 11.7. The number of hydrogen-bond acceptors (Lipinski definition) is 3. The van der Waals surface area contributed by atoms with Crippen molar-refractivity contribution in [3.63, 3.8) is 0 Å². The number of ether oxygens (including phenoxy) is 1. The van der Waals surface area contributed by atoms with Gasteiger partial charge >= 0.3 is 6.03 Å². The molecule has 2 aromatic rings. The molecule has 0 saturated carbocycles. The number of urea groups is 1. The van der Waals surface area contributed by atoms with Gasteiger partial charge < -0.3 is 15.0 Å². The molecule has 0 spiro atoms. The number of aromatic nitrogens is 2. The van der Waals surface area contributed by atoms with Crippen molar-refractivity contribution >= 4 is 6.03 Å². The Morgan fingerprint density at radius 1 is 1.46 bits per heavy atom. The Kier molecular flexibility index (Phi) is 5.03. The molecule has 3 rings (SSSR count). The number of likely N-dealkylation sites (tertiary alicyclic amines) is 1. The SMILES string of the molecule is COc1cccc([C@@H]2CCCN2C(=O)NCCc2cnn(C)c2)c1. The number of methoxy groups -OCH3 is 1. The second-order valence-corrected chi connectivity index (χ2v) is 6.13. The molecule has 1 aliphatic heterocycles. The maximum atomic E-state index is 12.5. The number of benzene rings is 1. The number of carbonyl (C=O) groups excluding carboxylic acids is 1. The molecule has 2 heterocycles. The minimum atomic E-state index is 0.00390. The number of carbonyl (C=O) groups is 1. The van der Waals surface area contributed by atoms with Crippen LogP contribution in [0.1, 0.15) is 30.0 Å². The lowest BCUT2D eigenvalue weighted by Gasteiger charge is -2.25. The van der Waals surface area contributed by atoms with Crippen molar-refractivity contribution in [3.05, 3.63) is 47.8 Å². The van der Waals surface area contributed by atoms with E-state index in [-0.39, 0.29) is 12.1 Å². The first kappa shape index (κ1) is 16.4. The fourth-order valence-electron chi connectivity index (χ4n) is 3.22. The van der Waals surface area contributed by atoms with Crippen LogP contribution in [0.4, 0.5) is 4.79 Å². The molecule has 1 saturated heterocycles. The Balaban J connectivity index is 1.58. The van der Waals surface area contributed by atoms with Crippen molar-refractivity contribution in [2.45, 2.75) is 25.3 Å². The van der Waals surface area contributed by atoms with Crippen LogP contribution in [-0.2, 0) is 13.5 Å². The summed E-state index contributed by atoms with van der Waals surface area (Å²) in [4.78, 5) is 14.5. The van der Waals surface area contributed by atoms with Crippen LogP contribution < -0.4 is 10.1 Å². The molecule has 24 heavy (non-hydrogen) atoms. The van der Waals surface area contributed by atoms with Gasteiger partial charge in [-0.15, -0.1) is 0 Å². The number of rotatable bonds is 5. The van der Waals surface area contributed by atoms with Gasteiger partial charge in [0.15, 0.2) is 0 Å². The van der Waals surface area contributed by atoms with Crippen molar-refractivity contribution < 1.29 is 9.53 Å². The molecule has 1 fully saturated rings. The van der Waals surface area contributed by atoms with E-state index >= 15 is 0 Å². The summed E-state index contributed by atoms with van der Waals surface area (Å²) in [7, 11) is 3.56. The van der Waals surface area contributed by atoms with E-state index in [9.17, 15) is 4.79 Å². The molecule has 1 atom stereocenters. The Morgan fingerprint density at radius 2 is 2.33 bits per heavy atom. The van der Waals surface area contributed by atoms with Crippen LogP contribution in [0.25, 0.3) is 0 Å². The largest absolute Gasteiger partial charge is 0.497 e. The van der Waals surface area contributed by atoms with Gasteiger partial charge in [0.1, 0.15) is 5.75 Å². The highest BCUT2D eigenvalue weighted by Crippen LogP contribution is 2.33. The molecule has 1 aromatic carbocycles. The molecule has 0 aliphatic carbocycles.